The first kappa shape index (κ1) is 25.9. The molecular weight excluding hydrogens is 484 g/mol. The summed E-state index contributed by atoms with van der Waals surface area (Å²) in [6.07, 6.45) is 8.08. The second kappa shape index (κ2) is 11.4. The molecule has 0 N–H and O–H groups in total. The Morgan fingerprint density at radius 2 is 1.79 bits per heavy atom. The Bertz CT molecular complexity index is 1490. The number of fused-ring (bicyclic) bond motifs is 2. The lowest BCUT2D eigenvalue weighted by Gasteiger charge is -2.39. The van der Waals surface area contributed by atoms with E-state index >= 15 is 0 Å². The molecule has 6 heteroatoms. The lowest BCUT2D eigenvalue weighted by Crippen LogP contribution is -2.44. The lowest BCUT2D eigenvalue weighted by molar-refractivity contribution is -0.0365. The molecule has 1 aromatic heterocycles. The van der Waals surface area contributed by atoms with E-state index in [2.05, 4.69) is 61.2 Å². The molecule has 0 radical (unpaired) electrons. The van der Waals surface area contributed by atoms with Gasteiger partial charge in [-0.25, -0.2) is 4.68 Å². The molecule has 39 heavy (non-hydrogen) atoms. The van der Waals surface area contributed by atoms with Gasteiger partial charge in [0.05, 0.1) is 23.8 Å². The van der Waals surface area contributed by atoms with Gasteiger partial charge in [-0.15, -0.1) is 0 Å². The molecule has 6 rings (SSSR count). The molecule has 2 saturated heterocycles. The van der Waals surface area contributed by atoms with Crippen molar-refractivity contribution >= 4 is 21.7 Å². The monoisotopic (exact) mass is 522 g/mol. The van der Waals surface area contributed by atoms with Gasteiger partial charge in [0.2, 0.25) is 0 Å². The van der Waals surface area contributed by atoms with Crippen LogP contribution in [0.2, 0.25) is 0 Å². The van der Waals surface area contributed by atoms with E-state index in [-0.39, 0.29) is 6.23 Å². The van der Waals surface area contributed by atoms with Crippen LogP contribution in [-0.4, -0.2) is 46.5 Å². The van der Waals surface area contributed by atoms with Crippen LogP contribution in [0.15, 0.2) is 54.6 Å². The number of likely N-dealkylation sites (tertiary alicyclic amines) is 1. The number of rotatable bonds is 7. The Balaban J connectivity index is 1.24. The Morgan fingerprint density at radius 3 is 2.59 bits per heavy atom. The minimum atomic E-state index is -0.0701. The summed E-state index contributed by atoms with van der Waals surface area (Å²) in [4.78, 5) is 2.64. The zero-order valence-electron chi connectivity index (χ0n) is 23.1. The first-order valence-corrected chi connectivity index (χ1v) is 14.6. The van der Waals surface area contributed by atoms with E-state index in [1.165, 1.54) is 24.6 Å². The number of benzene rings is 3. The van der Waals surface area contributed by atoms with Gasteiger partial charge in [0.15, 0.2) is 6.23 Å². The third-order valence-corrected chi connectivity index (χ3v) is 8.55. The van der Waals surface area contributed by atoms with Gasteiger partial charge >= 0.3 is 0 Å². The highest BCUT2D eigenvalue weighted by Gasteiger charge is 2.24. The minimum absolute atomic E-state index is 0.0701. The lowest BCUT2D eigenvalue weighted by atomic mass is 9.97. The van der Waals surface area contributed by atoms with E-state index in [4.69, 9.17) is 14.6 Å². The summed E-state index contributed by atoms with van der Waals surface area (Å²) in [5.41, 5.74) is 3.56. The Labute approximate surface area is 231 Å². The molecule has 0 bridgehead atoms. The summed E-state index contributed by atoms with van der Waals surface area (Å²) >= 11 is 0. The smallest absolute Gasteiger partial charge is 0.150 e. The zero-order chi connectivity index (χ0) is 26.8. The molecule has 202 valence electrons. The van der Waals surface area contributed by atoms with E-state index in [1.54, 1.807) is 0 Å². The molecule has 3 unspecified atom stereocenters. The Hall–Kier alpha value is -3.40. The number of ether oxygens (including phenoxy) is 2. The van der Waals surface area contributed by atoms with Crippen molar-refractivity contribution in [1.82, 2.24) is 14.7 Å². The van der Waals surface area contributed by atoms with E-state index < -0.39 is 0 Å². The number of nitriles is 1. The number of nitrogens with zero attached hydrogens (tertiary/aromatic N) is 4. The van der Waals surface area contributed by atoms with Gasteiger partial charge in [0.1, 0.15) is 11.4 Å². The van der Waals surface area contributed by atoms with E-state index in [9.17, 15) is 5.26 Å². The van der Waals surface area contributed by atoms with Crippen LogP contribution < -0.4 is 4.74 Å². The number of hydrogen-bond donors (Lipinski definition) is 0. The van der Waals surface area contributed by atoms with Crippen LogP contribution in [-0.2, 0) is 4.74 Å². The molecular formula is C33H38N4O2. The highest BCUT2D eigenvalue weighted by atomic mass is 16.5. The molecule has 2 aliphatic rings. The molecule has 2 aliphatic heterocycles. The maximum Gasteiger partial charge on any atom is 0.150 e. The SMILES string of the molecule is CC1CCCC(C)N1CCCOc1ccc2ccc(-c3nn(C4CCCCO4)c4ccc(C#N)cc34)cc2c1. The fourth-order valence-corrected chi connectivity index (χ4v) is 6.37. The molecule has 6 nitrogen and oxygen atoms in total. The van der Waals surface area contributed by atoms with Crippen molar-refractivity contribution < 1.29 is 9.47 Å². The van der Waals surface area contributed by atoms with Crippen LogP contribution in [0, 0.1) is 11.3 Å². The summed E-state index contributed by atoms with van der Waals surface area (Å²) in [5, 5.41) is 17.9. The topological polar surface area (TPSA) is 63.3 Å². The predicted octanol–water partition coefficient (Wildman–Crippen LogP) is 7.46. The van der Waals surface area contributed by atoms with Gasteiger partial charge in [-0.1, -0.05) is 24.6 Å². The number of hydrogen-bond acceptors (Lipinski definition) is 5. The second-order valence-corrected chi connectivity index (χ2v) is 11.3. The second-order valence-electron chi connectivity index (χ2n) is 11.3. The average molecular weight is 523 g/mol. The van der Waals surface area contributed by atoms with Crippen molar-refractivity contribution in [1.29, 1.82) is 5.26 Å². The highest BCUT2D eigenvalue weighted by Crippen LogP contribution is 2.35. The third-order valence-electron chi connectivity index (χ3n) is 8.55. The molecule has 2 fully saturated rings. The predicted molar refractivity (Wildman–Crippen MR) is 156 cm³/mol. The largest absolute Gasteiger partial charge is 0.494 e. The Kier molecular flexibility index (Phi) is 7.54. The first-order valence-electron chi connectivity index (χ1n) is 14.6. The van der Waals surface area contributed by atoms with Crippen molar-refractivity contribution in [3.05, 3.63) is 60.2 Å². The van der Waals surface area contributed by atoms with Crippen LogP contribution in [0.1, 0.15) is 70.6 Å². The summed E-state index contributed by atoms with van der Waals surface area (Å²) in [6, 6.07) is 22.2. The Morgan fingerprint density at radius 1 is 0.949 bits per heavy atom. The maximum atomic E-state index is 9.56. The quantitative estimate of drug-likeness (QED) is 0.236. The van der Waals surface area contributed by atoms with Gasteiger partial charge < -0.3 is 9.47 Å². The average Bonchev–Trinajstić information content (AvgIpc) is 3.35. The van der Waals surface area contributed by atoms with Crippen molar-refractivity contribution in [2.45, 2.75) is 77.1 Å². The van der Waals surface area contributed by atoms with Gasteiger partial charge in [-0.2, -0.15) is 10.4 Å². The minimum Gasteiger partial charge on any atom is -0.494 e. The highest BCUT2D eigenvalue weighted by molar-refractivity contribution is 5.97. The van der Waals surface area contributed by atoms with Crippen molar-refractivity contribution in [2.75, 3.05) is 19.8 Å². The molecule has 3 atom stereocenters. The molecule has 3 aromatic carbocycles. The summed E-state index contributed by atoms with van der Waals surface area (Å²) in [5.74, 6) is 0.900. The number of piperidine rings is 1. The van der Waals surface area contributed by atoms with Gasteiger partial charge in [0.25, 0.3) is 0 Å². The third kappa shape index (κ3) is 5.39. The van der Waals surface area contributed by atoms with Crippen LogP contribution in [0.25, 0.3) is 32.9 Å². The fraction of sp³-hybridized carbons (Fsp3) is 0.455. The van der Waals surface area contributed by atoms with E-state index in [0.717, 1.165) is 72.1 Å². The van der Waals surface area contributed by atoms with Crippen molar-refractivity contribution in [3.8, 4) is 23.1 Å². The van der Waals surface area contributed by atoms with Crippen LogP contribution in [0.4, 0.5) is 0 Å². The fourth-order valence-electron chi connectivity index (χ4n) is 6.37. The van der Waals surface area contributed by atoms with Crippen LogP contribution in [0.3, 0.4) is 0 Å². The van der Waals surface area contributed by atoms with Crippen LogP contribution >= 0.6 is 0 Å². The van der Waals surface area contributed by atoms with Gasteiger partial charge in [-0.3, -0.25) is 4.90 Å². The van der Waals surface area contributed by atoms with E-state index in [1.807, 2.05) is 22.9 Å². The van der Waals surface area contributed by atoms with E-state index in [0.29, 0.717) is 24.3 Å². The van der Waals surface area contributed by atoms with Crippen LogP contribution in [0.5, 0.6) is 5.75 Å². The number of aromatic nitrogens is 2. The first-order chi connectivity index (χ1) is 19.1. The molecule has 0 amide bonds. The summed E-state index contributed by atoms with van der Waals surface area (Å²) < 4.78 is 14.3. The zero-order valence-corrected chi connectivity index (χ0v) is 23.1. The molecule has 0 spiro atoms. The summed E-state index contributed by atoms with van der Waals surface area (Å²) in [6.45, 7) is 7.27. The normalized spacial score (nSPS) is 22.2. The van der Waals surface area contributed by atoms with Crippen molar-refractivity contribution in [2.24, 2.45) is 0 Å². The molecule has 3 heterocycles. The molecule has 0 saturated carbocycles. The van der Waals surface area contributed by atoms with Crippen molar-refractivity contribution in [3.63, 3.8) is 0 Å². The molecule has 4 aromatic rings. The maximum absolute atomic E-state index is 9.56. The van der Waals surface area contributed by atoms with Gasteiger partial charge in [-0.05, 0) is 99.5 Å². The molecule has 0 aliphatic carbocycles. The standard InChI is InChI=1S/C33H38N4O2/c1-23-7-5-8-24(2)36(23)16-6-18-38-29-14-13-26-11-12-27(20-28(26)21-29)33-30-19-25(22-34)10-15-31(30)37(35-33)32-9-3-4-17-39-32/h10-15,19-21,23-24,32H,3-9,16-18H2,1-2H3. The summed E-state index contributed by atoms with van der Waals surface area (Å²) in [7, 11) is 0. The van der Waals surface area contributed by atoms with Gasteiger partial charge in [0, 0.05) is 36.2 Å².